The molecule has 0 radical (unpaired) electrons. The van der Waals surface area contributed by atoms with E-state index in [1.165, 1.54) is 0 Å². The quantitative estimate of drug-likeness (QED) is 0.514. The third-order valence-corrected chi connectivity index (χ3v) is 4.36. The fraction of sp³-hybridized carbons (Fsp3) is 0.571. The van der Waals surface area contributed by atoms with Crippen molar-refractivity contribution in [3.8, 4) is 0 Å². The Balaban J connectivity index is 2.08. The number of cyclic esters (lactones) is 1. The van der Waals surface area contributed by atoms with Crippen LogP contribution in [0.15, 0.2) is 23.3 Å². The van der Waals surface area contributed by atoms with Crippen molar-refractivity contribution in [2.45, 2.75) is 32.6 Å². The van der Waals surface area contributed by atoms with E-state index in [1.807, 2.05) is 6.92 Å². The number of hydrogen-bond donors (Lipinski definition) is 0. The standard InChI is InChI=1S/C14H16O3/c1-14-7-6-11(15)12(9-4-2-3-5-9)10(14)8-17-13(14)16/h2-3,9H,4-8H2,1H3. The van der Waals surface area contributed by atoms with Crippen LogP contribution in [-0.2, 0) is 14.3 Å². The van der Waals surface area contributed by atoms with Crippen LogP contribution >= 0.6 is 0 Å². The smallest absolute Gasteiger partial charge is 0.316 e. The Morgan fingerprint density at radius 3 is 2.71 bits per heavy atom. The van der Waals surface area contributed by atoms with Gasteiger partial charge in [-0.15, -0.1) is 0 Å². The van der Waals surface area contributed by atoms with Gasteiger partial charge < -0.3 is 4.74 Å². The number of fused-ring (bicyclic) bond motifs is 1. The molecule has 0 amide bonds. The molecule has 3 rings (SSSR count). The van der Waals surface area contributed by atoms with Crippen molar-refractivity contribution < 1.29 is 14.3 Å². The highest BCUT2D eigenvalue weighted by atomic mass is 16.5. The number of ketones is 1. The molecule has 1 unspecified atom stereocenters. The summed E-state index contributed by atoms with van der Waals surface area (Å²) in [6.45, 7) is 2.25. The van der Waals surface area contributed by atoms with Gasteiger partial charge in [0.25, 0.3) is 0 Å². The van der Waals surface area contributed by atoms with Gasteiger partial charge in [0.2, 0.25) is 0 Å². The minimum atomic E-state index is -0.522. The molecular formula is C14H16O3. The summed E-state index contributed by atoms with van der Waals surface area (Å²) in [4.78, 5) is 23.9. The first kappa shape index (κ1) is 10.8. The third-order valence-electron chi connectivity index (χ3n) is 4.36. The van der Waals surface area contributed by atoms with E-state index < -0.39 is 5.41 Å². The third kappa shape index (κ3) is 1.41. The van der Waals surface area contributed by atoms with Crippen LogP contribution in [0.3, 0.4) is 0 Å². The average molecular weight is 232 g/mol. The summed E-state index contributed by atoms with van der Waals surface area (Å²) < 4.78 is 5.17. The summed E-state index contributed by atoms with van der Waals surface area (Å²) in [5, 5.41) is 0. The molecule has 0 aromatic rings. The SMILES string of the molecule is CC12CCC(=O)C(C3CC=CC3)=C1COC2=O. The number of carbonyl (C=O) groups is 2. The van der Waals surface area contributed by atoms with Gasteiger partial charge in [-0.2, -0.15) is 0 Å². The maximum Gasteiger partial charge on any atom is 0.316 e. The summed E-state index contributed by atoms with van der Waals surface area (Å²) in [6.07, 6.45) is 7.19. The summed E-state index contributed by atoms with van der Waals surface area (Å²) in [5.74, 6) is 0.361. The van der Waals surface area contributed by atoms with E-state index >= 15 is 0 Å². The molecule has 3 nitrogen and oxygen atoms in total. The van der Waals surface area contributed by atoms with Crippen LogP contribution in [0.4, 0.5) is 0 Å². The summed E-state index contributed by atoms with van der Waals surface area (Å²) in [5.41, 5.74) is 1.34. The molecule has 3 heteroatoms. The molecule has 3 aliphatic rings. The van der Waals surface area contributed by atoms with Crippen molar-refractivity contribution in [1.82, 2.24) is 0 Å². The Hall–Kier alpha value is -1.38. The van der Waals surface area contributed by atoms with Gasteiger partial charge in [-0.3, -0.25) is 9.59 Å². The fourth-order valence-electron chi connectivity index (χ4n) is 3.20. The van der Waals surface area contributed by atoms with E-state index in [0.717, 1.165) is 24.0 Å². The van der Waals surface area contributed by atoms with Crippen molar-refractivity contribution in [2.75, 3.05) is 6.61 Å². The van der Waals surface area contributed by atoms with Gasteiger partial charge in [0.05, 0.1) is 5.41 Å². The van der Waals surface area contributed by atoms with Crippen molar-refractivity contribution >= 4 is 11.8 Å². The average Bonchev–Trinajstić information content (AvgIpc) is 2.91. The molecular weight excluding hydrogens is 216 g/mol. The van der Waals surface area contributed by atoms with E-state index in [0.29, 0.717) is 19.4 Å². The molecule has 0 N–H and O–H groups in total. The molecule has 2 aliphatic carbocycles. The summed E-state index contributed by atoms with van der Waals surface area (Å²) >= 11 is 0. The van der Waals surface area contributed by atoms with Crippen molar-refractivity contribution in [3.63, 3.8) is 0 Å². The van der Waals surface area contributed by atoms with E-state index in [2.05, 4.69) is 12.2 Å². The Morgan fingerprint density at radius 2 is 2.00 bits per heavy atom. The maximum absolute atomic E-state index is 12.1. The van der Waals surface area contributed by atoms with Crippen LogP contribution < -0.4 is 0 Å². The second-order valence-electron chi connectivity index (χ2n) is 5.36. The van der Waals surface area contributed by atoms with Gasteiger partial charge in [-0.25, -0.2) is 0 Å². The Labute approximate surface area is 101 Å². The van der Waals surface area contributed by atoms with Gasteiger partial charge in [0.1, 0.15) is 6.61 Å². The second kappa shape index (κ2) is 3.56. The van der Waals surface area contributed by atoms with E-state index in [1.54, 1.807) is 0 Å². The number of Topliss-reactive ketones (excluding diaryl/α,β-unsaturated/α-hetero) is 1. The number of esters is 1. The lowest BCUT2D eigenvalue weighted by atomic mass is 9.69. The lowest BCUT2D eigenvalue weighted by Crippen LogP contribution is -2.33. The molecule has 0 saturated carbocycles. The normalized spacial score (nSPS) is 33.2. The first-order chi connectivity index (χ1) is 8.13. The highest BCUT2D eigenvalue weighted by Crippen LogP contribution is 2.47. The predicted molar refractivity (Wildman–Crippen MR) is 62.2 cm³/mol. The molecule has 90 valence electrons. The zero-order valence-electron chi connectivity index (χ0n) is 9.99. The molecule has 0 bridgehead atoms. The summed E-state index contributed by atoms with van der Waals surface area (Å²) in [6, 6.07) is 0. The molecule has 1 fully saturated rings. The van der Waals surface area contributed by atoms with E-state index in [9.17, 15) is 9.59 Å². The Bertz CT molecular complexity index is 450. The first-order valence-corrected chi connectivity index (χ1v) is 6.22. The Morgan fingerprint density at radius 1 is 1.29 bits per heavy atom. The first-order valence-electron chi connectivity index (χ1n) is 6.22. The zero-order chi connectivity index (χ0) is 12.0. The zero-order valence-corrected chi connectivity index (χ0v) is 9.99. The largest absolute Gasteiger partial charge is 0.460 e. The van der Waals surface area contributed by atoms with Crippen molar-refractivity contribution in [2.24, 2.45) is 11.3 Å². The number of ether oxygens (including phenoxy) is 1. The van der Waals surface area contributed by atoms with Crippen LogP contribution in [0.5, 0.6) is 0 Å². The van der Waals surface area contributed by atoms with Gasteiger partial charge in [-0.1, -0.05) is 12.2 Å². The van der Waals surface area contributed by atoms with Crippen LogP contribution in [0.25, 0.3) is 0 Å². The lowest BCUT2D eigenvalue weighted by molar-refractivity contribution is -0.145. The number of hydrogen-bond acceptors (Lipinski definition) is 3. The van der Waals surface area contributed by atoms with Crippen molar-refractivity contribution in [3.05, 3.63) is 23.3 Å². The van der Waals surface area contributed by atoms with Gasteiger partial charge in [0, 0.05) is 12.0 Å². The van der Waals surface area contributed by atoms with Crippen LogP contribution in [0, 0.1) is 11.3 Å². The van der Waals surface area contributed by atoms with E-state index in [4.69, 9.17) is 4.74 Å². The fourth-order valence-corrected chi connectivity index (χ4v) is 3.20. The highest BCUT2D eigenvalue weighted by Gasteiger charge is 2.50. The minimum Gasteiger partial charge on any atom is -0.460 e. The second-order valence-corrected chi connectivity index (χ2v) is 5.36. The number of allylic oxidation sites excluding steroid dienone is 3. The number of rotatable bonds is 1. The molecule has 17 heavy (non-hydrogen) atoms. The van der Waals surface area contributed by atoms with E-state index in [-0.39, 0.29) is 17.7 Å². The predicted octanol–water partition coefficient (Wildman–Crippen LogP) is 2.18. The molecule has 1 saturated heterocycles. The number of carbonyl (C=O) groups excluding carboxylic acids is 2. The van der Waals surface area contributed by atoms with Crippen molar-refractivity contribution in [1.29, 1.82) is 0 Å². The minimum absolute atomic E-state index is 0.150. The molecule has 0 aromatic heterocycles. The highest BCUT2D eigenvalue weighted by molar-refractivity contribution is 6.01. The van der Waals surface area contributed by atoms with Crippen LogP contribution in [-0.4, -0.2) is 18.4 Å². The summed E-state index contributed by atoms with van der Waals surface area (Å²) in [7, 11) is 0. The molecule has 0 spiro atoms. The maximum atomic E-state index is 12.1. The monoisotopic (exact) mass is 232 g/mol. The van der Waals surface area contributed by atoms with Gasteiger partial charge in [-0.05, 0) is 37.7 Å². The van der Waals surface area contributed by atoms with Crippen LogP contribution in [0.2, 0.25) is 0 Å². The Kier molecular flexibility index (Phi) is 2.25. The lowest BCUT2D eigenvalue weighted by Gasteiger charge is -2.30. The van der Waals surface area contributed by atoms with Gasteiger partial charge in [0.15, 0.2) is 5.78 Å². The molecule has 1 atom stereocenters. The molecule has 1 aliphatic heterocycles. The van der Waals surface area contributed by atoms with Gasteiger partial charge >= 0.3 is 5.97 Å². The molecule has 0 aromatic carbocycles. The molecule has 1 heterocycles. The van der Waals surface area contributed by atoms with Crippen LogP contribution in [0.1, 0.15) is 32.6 Å². The topological polar surface area (TPSA) is 43.4 Å².